The van der Waals surface area contributed by atoms with E-state index in [1.165, 1.54) is 0 Å². The molecule has 1 atom stereocenters. The van der Waals surface area contributed by atoms with E-state index in [0.29, 0.717) is 0 Å². The first-order valence-corrected chi connectivity index (χ1v) is 5.70. The molecule has 0 bridgehead atoms. The molecule has 9 heteroatoms. The number of aliphatic carboxylic acids is 1. The molecule has 0 heterocycles. The fourth-order valence-corrected chi connectivity index (χ4v) is 1.36. The van der Waals surface area contributed by atoms with Gasteiger partial charge in [-0.2, -0.15) is 8.42 Å². The molecule has 0 saturated carbocycles. The third-order valence-corrected chi connectivity index (χ3v) is 2.58. The van der Waals surface area contributed by atoms with Gasteiger partial charge in [-0.05, 0) is 0 Å². The quantitative estimate of drug-likeness (QED) is 0.303. The lowest BCUT2D eigenvalue weighted by Gasteiger charge is -2.07. The minimum atomic E-state index is -4.87. The van der Waals surface area contributed by atoms with E-state index in [9.17, 15) is 18.0 Å². The highest BCUT2D eigenvalue weighted by molar-refractivity contribution is 7.87. The Morgan fingerprint density at radius 1 is 1.29 bits per heavy atom. The van der Waals surface area contributed by atoms with Crippen LogP contribution in [0, 0.1) is 11.8 Å². The van der Waals surface area contributed by atoms with Crippen molar-refractivity contribution in [1.29, 1.82) is 0 Å². The number of ether oxygens (including phenoxy) is 1. The maximum Gasteiger partial charge on any atom is 0.325 e. The van der Waals surface area contributed by atoms with E-state index < -0.39 is 46.9 Å². The predicted molar refractivity (Wildman–Crippen MR) is 53.4 cm³/mol. The van der Waals surface area contributed by atoms with Crippen LogP contribution in [0.2, 0.25) is 0 Å². The Morgan fingerprint density at radius 3 is 2.29 bits per heavy atom. The third-order valence-electron chi connectivity index (χ3n) is 1.50. The van der Waals surface area contributed by atoms with Gasteiger partial charge in [0.25, 0.3) is 10.1 Å². The van der Waals surface area contributed by atoms with Crippen LogP contribution in [0.3, 0.4) is 0 Å². The number of hydrogen-bond donors (Lipinski definition) is 3. The van der Waals surface area contributed by atoms with E-state index in [2.05, 4.69) is 16.6 Å². The molecule has 0 radical (unpaired) electrons. The minimum absolute atomic E-state index is 0.406. The van der Waals surface area contributed by atoms with Crippen molar-refractivity contribution in [3.63, 3.8) is 0 Å². The van der Waals surface area contributed by atoms with Crippen LogP contribution in [0.1, 0.15) is 6.42 Å². The molecule has 1 unspecified atom stereocenters. The molecule has 8 nitrogen and oxygen atoms in total. The zero-order chi connectivity index (χ0) is 13.5. The van der Waals surface area contributed by atoms with Crippen LogP contribution in [-0.2, 0) is 24.4 Å². The Morgan fingerprint density at radius 2 is 1.88 bits per heavy atom. The van der Waals surface area contributed by atoms with Crippen LogP contribution in [0.15, 0.2) is 0 Å². The molecular formula is C8H10O8S. The van der Waals surface area contributed by atoms with Gasteiger partial charge in [0.15, 0.2) is 11.9 Å². The second-order valence-electron chi connectivity index (χ2n) is 2.72. The number of carbonyl (C=O) groups excluding carboxylic acids is 1. The number of aliphatic hydroxyl groups is 1. The van der Waals surface area contributed by atoms with Gasteiger partial charge in [0.1, 0.15) is 6.61 Å². The van der Waals surface area contributed by atoms with Gasteiger partial charge in [-0.3, -0.25) is 14.1 Å². The number of carboxylic acid groups (broad SMARTS) is 1. The number of aliphatic hydroxyl groups excluding tert-OH is 1. The molecule has 3 N–H and O–H groups in total. The number of carboxylic acids is 1. The summed E-state index contributed by atoms with van der Waals surface area (Å²) in [6, 6.07) is 0. The number of rotatable bonds is 5. The summed E-state index contributed by atoms with van der Waals surface area (Å²) in [6.45, 7) is -0.836. The summed E-state index contributed by atoms with van der Waals surface area (Å²) < 4.78 is 34.1. The van der Waals surface area contributed by atoms with E-state index in [1.807, 2.05) is 0 Å². The highest BCUT2D eigenvalue weighted by Crippen LogP contribution is 2.06. The molecule has 0 amide bonds. The highest BCUT2D eigenvalue weighted by atomic mass is 32.2. The summed E-state index contributed by atoms with van der Waals surface area (Å²) in [5.41, 5.74) is 0. The maximum absolute atomic E-state index is 11.0. The van der Waals surface area contributed by atoms with Crippen LogP contribution >= 0.6 is 0 Å². The summed E-state index contributed by atoms with van der Waals surface area (Å²) in [7, 11) is -4.87. The van der Waals surface area contributed by atoms with Crippen molar-refractivity contribution in [2.75, 3.05) is 13.2 Å². The zero-order valence-electron chi connectivity index (χ0n) is 8.49. The van der Waals surface area contributed by atoms with Gasteiger partial charge in [0, 0.05) is 0 Å². The Labute approximate surface area is 96.9 Å². The molecule has 0 aliphatic carbocycles. The molecule has 0 saturated heterocycles. The Kier molecular flexibility index (Phi) is 6.19. The zero-order valence-corrected chi connectivity index (χ0v) is 9.31. The smallest absolute Gasteiger partial charge is 0.325 e. The molecule has 0 aromatic heterocycles. The largest absolute Gasteiger partial charge is 0.480 e. The van der Waals surface area contributed by atoms with Crippen LogP contribution in [0.4, 0.5) is 0 Å². The number of carbonyl (C=O) groups is 2. The molecule has 0 rings (SSSR count). The van der Waals surface area contributed by atoms with E-state index in [0.717, 1.165) is 0 Å². The first-order chi connectivity index (χ1) is 7.79. The van der Waals surface area contributed by atoms with Gasteiger partial charge < -0.3 is 14.9 Å². The van der Waals surface area contributed by atoms with Gasteiger partial charge >= 0.3 is 11.9 Å². The lowest BCUT2D eigenvalue weighted by atomic mass is 10.3. The molecule has 0 aromatic rings. The molecule has 0 spiro atoms. The number of esters is 1. The molecule has 0 aromatic carbocycles. The van der Waals surface area contributed by atoms with E-state index in [-0.39, 0.29) is 0 Å². The number of hydrogen-bond acceptors (Lipinski definition) is 6. The van der Waals surface area contributed by atoms with E-state index >= 15 is 0 Å². The summed E-state index contributed by atoms with van der Waals surface area (Å²) in [5.74, 6) is 1.37. The van der Waals surface area contributed by atoms with Crippen molar-refractivity contribution < 1.29 is 37.5 Å². The summed E-state index contributed by atoms with van der Waals surface area (Å²) >= 11 is 0. The molecule has 0 fully saturated rings. The predicted octanol–water partition coefficient (Wildman–Crippen LogP) is -1.74. The Balaban J connectivity index is 4.39. The van der Waals surface area contributed by atoms with Gasteiger partial charge in [-0.1, -0.05) is 11.8 Å². The van der Waals surface area contributed by atoms with Gasteiger partial charge in [-0.25, -0.2) is 0 Å². The van der Waals surface area contributed by atoms with Gasteiger partial charge in [0.2, 0.25) is 0 Å². The van der Waals surface area contributed by atoms with E-state index in [1.54, 1.807) is 0 Å². The van der Waals surface area contributed by atoms with Crippen LogP contribution in [0.5, 0.6) is 0 Å². The fourth-order valence-electron chi connectivity index (χ4n) is 0.754. The monoisotopic (exact) mass is 266 g/mol. The topological polar surface area (TPSA) is 138 Å². The molecule has 0 aliphatic heterocycles. The average Bonchev–Trinajstić information content (AvgIpc) is 2.19. The van der Waals surface area contributed by atoms with Crippen molar-refractivity contribution >= 4 is 22.1 Å². The van der Waals surface area contributed by atoms with Crippen molar-refractivity contribution in [1.82, 2.24) is 0 Å². The Hall–Kier alpha value is -1.63. The molecular weight excluding hydrogens is 256 g/mol. The highest BCUT2D eigenvalue weighted by Gasteiger charge is 2.33. The molecule has 0 aliphatic rings. The second-order valence-corrected chi connectivity index (χ2v) is 4.32. The standard InChI is InChI=1S/C8H10O8S/c9-3-1-2-4-16-7(10)5-6(8(11)12)17(13,14)15/h6,9H,3-5H2,(H,11,12)(H,13,14,15). The fraction of sp³-hybridized carbons (Fsp3) is 0.500. The van der Waals surface area contributed by atoms with Crippen molar-refractivity contribution in [2.24, 2.45) is 0 Å². The minimum Gasteiger partial charge on any atom is -0.480 e. The third kappa shape index (κ3) is 6.52. The van der Waals surface area contributed by atoms with Gasteiger partial charge in [-0.15, -0.1) is 0 Å². The van der Waals surface area contributed by atoms with Gasteiger partial charge in [0.05, 0.1) is 6.42 Å². The van der Waals surface area contributed by atoms with Crippen molar-refractivity contribution in [3.8, 4) is 11.8 Å². The Bertz CT molecular complexity index is 440. The lowest BCUT2D eigenvalue weighted by molar-refractivity contribution is -0.146. The van der Waals surface area contributed by atoms with Crippen LogP contribution < -0.4 is 0 Å². The van der Waals surface area contributed by atoms with Crippen molar-refractivity contribution in [3.05, 3.63) is 0 Å². The maximum atomic E-state index is 11.0. The molecule has 96 valence electrons. The van der Waals surface area contributed by atoms with Crippen LogP contribution in [-0.4, -0.2) is 53.6 Å². The first kappa shape index (κ1) is 15.4. The van der Waals surface area contributed by atoms with Crippen molar-refractivity contribution in [2.45, 2.75) is 11.7 Å². The SMILES string of the molecule is O=C(CC(C(=O)O)S(=O)(=O)O)OCC#CCO. The second kappa shape index (κ2) is 6.85. The van der Waals surface area contributed by atoms with Crippen LogP contribution in [0.25, 0.3) is 0 Å². The summed E-state index contributed by atoms with van der Waals surface area (Å²) in [4.78, 5) is 21.4. The normalized spacial score (nSPS) is 12.1. The first-order valence-electron chi connectivity index (χ1n) is 4.20. The summed E-state index contributed by atoms with van der Waals surface area (Å²) in [5, 5.41) is 14.4. The average molecular weight is 266 g/mol. The lowest BCUT2D eigenvalue weighted by Crippen LogP contribution is -2.32. The van der Waals surface area contributed by atoms with E-state index in [4.69, 9.17) is 14.8 Å². The summed E-state index contributed by atoms with van der Waals surface area (Å²) in [6.07, 6.45) is -1.02. The molecule has 17 heavy (non-hydrogen) atoms.